The standard InChI is InChI=1S/C14H17FN2O2/c1-3-6-17-14(18)9-19-13-5-4-12(15)8-11(13)7-10(2)16/h1,4-5,8,10H,6-7,9,16H2,2H3,(H,17,18). The number of halogens is 1. The van der Waals surface area contributed by atoms with Crippen LogP contribution in [0.2, 0.25) is 0 Å². The fourth-order valence-corrected chi connectivity index (χ4v) is 1.54. The quantitative estimate of drug-likeness (QED) is 0.748. The number of hydrogen-bond donors (Lipinski definition) is 2. The van der Waals surface area contributed by atoms with E-state index in [0.29, 0.717) is 17.7 Å². The number of hydrogen-bond acceptors (Lipinski definition) is 3. The molecule has 0 heterocycles. The number of carbonyl (C=O) groups excluding carboxylic acids is 1. The normalized spacial score (nSPS) is 11.5. The van der Waals surface area contributed by atoms with E-state index in [1.807, 2.05) is 6.92 Å². The first-order chi connectivity index (χ1) is 9.02. The summed E-state index contributed by atoms with van der Waals surface area (Å²) in [6.45, 7) is 1.80. The lowest BCUT2D eigenvalue weighted by Gasteiger charge is -2.13. The smallest absolute Gasteiger partial charge is 0.258 e. The van der Waals surface area contributed by atoms with Crippen molar-refractivity contribution in [3.63, 3.8) is 0 Å². The zero-order valence-electron chi connectivity index (χ0n) is 10.8. The minimum absolute atomic E-state index is 0.126. The first-order valence-corrected chi connectivity index (χ1v) is 5.90. The first-order valence-electron chi connectivity index (χ1n) is 5.90. The maximum absolute atomic E-state index is 13.2. The molecule has 0 bridgehead atoms. The zero-order valence-corrected chi connectivity index (χ0v) is 10.8. The highest BCUT2D eigenvalue weighted by atomic mass is 19.1. The van der Waals surface area contributed by atoms with E-state index in [1.54, 1.807) is 0 Å². The van der Waals surface area contributed by atoms with Gasteiger partial charge < -0.3 is 15.8 Å². The maximum Gasteiger partial charge on any atom is 0.258 e. The third-order valence-corrected chi connectivity index (χ3v) is 2.31. The van der Waals surface area contributed by atoms with Crippen LogP contribution in [0.1, 0.15) is 12.5 Å². The average molecular weight is 264 g/mol. The largest absolute Gasteiger partial charge is 0.483 e. The Hall–Kier alpha value is -2.06. The van der Waals surface area contributed by atoms with Gasteiger partial charge in [-0.3, -0.25) is 4.79 Å². The summed E-state index contributed by atoms with van der Waals surface area (Å²) < 4.78 is 18.5. The summed E-state index contributed by atoms with van der Waals surface area (Å²) in [6, 6.07) is 4.00. The van der Waals surface area contributed by atoms with Crippen LogP contribution < -0.4 is 15.8 Å². The summed E-state index contributed by atoms with van der Waals surface area (Å²) in [5, 5.41) is 2.48. The van der Waals surface area contributed by atoms with Crippen molar-refractivity contribution in [2.45, 2.75) is 19.4 Å². The van der Waals surface area contributed by atoms with Crippen LogP contribution in [0, 0.1) is 18.2 Å². The molecule has 0 saturated heterocycles. The molecule has 0 aliphatic rings. The van der Waals surface area contributed by atoms with Crippen molar-refractivity contribution >= 4 is 5.91 Å². The van der Waals surface area contributed by atoms with E-state index in [-0.39, 0.29) is 30.9 Å². The molecular weight excluding hydrogens is 247 g/mol. The predicted molar refractivity (Wildman–Crippen MR) is 71.1 cm³/mol. The van der Waals surface area contributed by atoms with Gasteiger partial charge in [0.05, 0.1) is 6.54 Å². The molecule has 0 fully saturated rings. The van der Waals surface area contributed by atoms with Crippen molar-refractivity contribution in [1.82, 2.24) is 5.32 Å². The van der Waals surface area contributed by atoms with Gasteiger partial charge in [-0.05, 0) is 37.1 Å². The van der Waals surface area contributed by atoms with E-state index in [2.05, 4.69) is 11.2 Å². The van der Waals surface area contributed by atoms with E-state index >= 15 is 0 Å². The van der Waals surface area contributed by atoms with Crippen molar-refractivity contribution in [2.24, 2.45) is 5.73 Å². The third kappa shape index (κ3) is 5.40. The molecule has 1 amide bonds. The van der Waals surface area contributed by atoms with Crippen LogP contribution >= 0.6 is 0 Å². The highest BCUT2D eigenvalue weighted by molar-refractivity contribution is 5.77. The van der Waals surface area contributed by atoms with Gasteiger partial charge >= 0.3 is 0 Å². The van der Waals surface area contributed by atoms with Gasteiger partial charge in [0.2, 0.25) is 0 Å². The van der Waals surface area contributed by atoms with Crippen LogP contribution in [0.25, 0.3) is 0 Å². The number of rotatable bonds is 6. The van der Waals surface area contributed by atoms with E-state index in [4.69, 9.17) is 16.9 Å². The summed E-state index contributed by atoms with van der Waals surface area (Å²) in [6.07, 6.45) is 5.49. The van der Waals surface area contributed by atoms with Crippen molar-refractivity contribution in [3.05, 3.63) is 29.6 Å². The number of ether oxygens (including phenoxy) is 1. The minimum Gasteiger partial charge on any atom is -0.483 e. The van der Waals surface area contributed by atoms with Crippen molar-refractivity contribution in [2.75, 3.05) is 13.2 Å². The van der Waals surface area contributed by atoms with Gasteiger partial charge in [-0.15, -0.1) is 6.42 Å². The topological polar surface area (TPSA) is 64.3 Å². The number of nitrogens with two attached hydrogens (primary N) is 1. The van der Waals surface area contributed by atoms with Crippen LogP contribution in [0.3, 0.4) is 0 Å². The Balaban J connectivity index is 2.67. The third-order valence-electron chi connectivity index (χ3n) is 2.31. The molecule has 5 heteroatoms. The summed E-state index contributed by atoms with van der Waals surface area (Å²) in [7, 11) is 0. The van der Waals surface area contributed by atoms with E-state index in [9.17, 15) is 9.18 Å². The second-order valence-electron chi connectivity index (χ2n) is 4.20. The number of nitrogens with one attached hydrogen (secondary N) is 1. The summed E-state index contributed by atoms with van der Waals surface area (Å²) in [5.41, 5.74) is 6.32. The highest BCUT2D eigenvalue weighted by Gasteiger charge is 2.09. The molecule has 0 aromatic heterocycles. The first kappa shape index (κ1) is 15.0. The minimum atomic E-state index is -0.361. The van der Waals surface area contributed by atoms with Gasteiger partial charge in [-0.25, -0.2) is 4.39 Å². The van der Waals surface area contributed by atoms with Gasteiger partial charge in [0.15, 0.2) is 6.61 Å². The van der Waals surface area contributed by atoms with Crippen molar-refractivity contribution < 1.29 is 13.9 Å². The molecular formula is C14H17FN2O2. The second kappa shape index (κ2) is 7.39. The van der Waals surface area contributed by atoms with Gasteiger partial charge in [-0.1, -0.05) is 5.92 Å². The molecule has 0 spiro atoms. The van der Waals surface area contributed by atoms with Crippen LogP contribution in [0.15, 0.2) is 18.2 Å². The van der Waals surface area contributed by atoms with E-state index in [0.717, 1.165) is 0 Å². The fourth-order valence-electron chi connectivity index (χ4n) is 1.54. The SMILES string of the molecule is C#CCNC(=O)COc1ccc(F)cc1CC(C)N. The lowest BCUT2D eigenvalue weighted by Crippen LogP contribution is -2.29. The molecule has 0 radical (unpaired) electrons. The van der Waals surface area contributed by atoms with Crippen LogP contribution in [0.4, 0.5) is 4.39 Å². The summed E-state index contributed by atoms with van der Waals surface area (Å²) in [4.78, 5) is 11.3. The molecule has 102 valence electrons. The fraction of sp³-hybridized carbons (Fsp3) is 0.357. The Bertz CT molecular complexity index is 481. The molecule has 0 aliphatic carbocycles. The summed E-state index contributed by atoms with van der Waals surface area (Å²) >= 11 is 0. The molecule has 4 nitrogen and oxygen atoms in total. The van der Waals surface area contributed by atoms with Gasteiger partial charge in [-0.2, -0.15) is 0 Å². The van der Waals surface area contributed by atoms with Crippen LogP contribution in [-0.2, 0) is 11.2 Å². The Morgan fingerprint density at radius 1 is 1.63 bits per heavy atom. The number of carbonyl (C=O) groups is 1. The Morgan fingerprint density at radius 2 is 2.37 bits per heavy atom. The Kier molecular flexibility index (Phi) is 5.83. The molecule has 1 rings (SSSR count). The van der Waals surface area contributed by atoms with Crippen molar-refractivity contribution in [3.8, 4) is 18.1 Å². The second-order valence-corrected chi connectivity index (χ2v) is 4.20. The molecule has 1 aromatic rings. The molecule has 1 atom stereocenters. The molecule has 1 aromatic carbocycles. The monoisotopic (exact) mass is 264 g/mol. The number of benzene rings is 1. The average Bonchev–Trinajstić information content (AvgIpc) is 2.34. The van der Waals surface area contributed by atoms with Crippen molar-refractivity contribution in [1.29, 1.82) is 0 Å². The van der Waals surface area contributed by atoms with Crippen LogP contribution in [-0.4, -0.2) is 25.1 Å². The molecule has 1 unspecified atom stereocenters. The lowest BCUT2D eigenvalue weighted by molar-refractivity contribution is -0.122. The molecule has 0 saturated carbocycles. The molecule has 3 N–H and O–H groups in total. The van der Waals surface area contributed by atoms with Gasteiger partial charge in [0.1, 0.15) is 11.6 Å². The highest BCUT2D eigenvalue weighted by Crippen LogP contribution is 2.21. The van der Waals surface area contributed by atoms with Crippen LogP contribution in [0.5, 0.6) is 5.75 Å². The predicted octanol–water partition coefficient (Wildman–Crippen LogP) is 0.844. The summed E-state index contributed by atoms with van der Waals surface area (Å²) in [5.74, 6) is 2.06. The van der Waals surface area contributed by atoms with Gasteiger partial charge in [0.25, 0.3) is 5.91 Å². The number of amides is 1. The maximum atomic E-state index is 13.2. The van der Waals surface area contributed by atoms with Gasteiger partial charge in [0, 0.05) is 6.04 Å². The Labute approximate surface area is 112 Å². The zero-order chi connectivity index (χ0) is 14.3. The molecule has 19 heavy (non-hydrogen) atoms. The van der Waals surface area contributed by atoms with E-state index in [1.165, 1.54) is 18.2 Å². The number of terminal acetylenes is 1. The van der Waals surface area contributed by atoms with E-state index < -0.39 is 0 Å². The molecule has 0 aliphatic heterocycles. The lowest BCUT2D eigenvalue weighted by atomic mass is 10.1. The Morgan fingerprint density at radius 3 is 3.00 bits per heavy atom.